The molecule has 0 aliphatic carbocycles. The largest absolute Gasteiger partial charge is 0.466 e. The number of halogens is 1. The lowest BCUT2D eigenvalue weighted by atomic mass is 10.1. The van der Waals surface area contributed by atoms with E-state index in [1.54, 1.807) is 0 Å². The van der Waals surface area contributed by atoms with Crippen LogP contribution in [-0.4, -0.2) is 17.9 Å². The van der Waals surface area contributed by atoms with Crippen LogP contribution < -0.4 is 0 Å². The van der Waals surface area contributed by atoms with Gasteiger partial charge in [-0.25, -0.2) is 0 Å². The molecule has 1 unspecified atom stereocenters. The summed E-state index contributed by atoms with van der Waals surface area (Å²) in [6.07, 6.45) is 8.59. The van der Waals surface area contributed by atoms with Crippen LogP contribution in [0.1, 0.15) is 65.2 Å². The second-order valence-electron chi connectivity index (χ2n) is 4.73. The monoisotopic (exact) mass is 306 g/mol. The van der Waals surface area contributed by atoms with Gasteiger partial charge < -0.3 is 4.74 Å². The molecule has 0 saturated heterocycles. The first-order chi connectivity index (χ1) is 8.20. The van der Waals surface area contributed by atoms with Gasteiger partial charge in [0.25, 0.3) is 0 Å². The lowest BCUT2D eigenvalue weighted by molar-refractivity contribution is -0.144. The minimum atomic E-state index is -0.0196. The molecule has 0 heterocycles. The maximum absolute atomic E-state index is 11.4. The van der Waals surface area contributed by atoms with Gasteiger partial charge in [0.1, 0.15) is 0 Å². The first kappa shape index (κ1) is 16.9. The standard InChI is InChI=1S/C14H27BrO2/c1-3-13(2)10-12-17-14(16)9-7-5-4-6-8-11-15/h13H,3-12H2,1-2H3. The minimum absolute atomic E-state index is 0.0196. The number of rotatable bonds is 11. The molecule has 0 bridgehead atoms. The van der Waals surface area contributed by atoms with Crippen molar-refractivity contribution in [2.24, 2.45) is 5.92 Å². The number of carbonyl (C=O) groups excluding carboxylic acids is 1. The van der Waals surface area contributed by atoms with E-state index in [0.29, 0.717) is 18.9 Å². The summed E-state index contributed by atoms with van der Waals surface area (Å²) in [4.78, 5) is 11.4. The van der Waals surface area contributed by atoms with Crippen molar-refractivity contribution in [3.8, 4) is 0 Å². The van der Waals surface area contributed by atoms with Crippen LogP contribution >= 0.6 is 15.9 Å². The quantitative estimate of drug-likeness (QED) is 0.314. The zero-order valence-electron chi connectivity index (χ0n) is 11.3. The Labute approximate surface area is 115 Å². The third-order valence-corrected chi connectivity index (χ3v) is 3.65. The molecule has 3 heteroatoms. The number of alkyl halides is 1. The maximum atomic E-state index is 11.4. The fraction of sp³-hybridized carbons (Fsp3) is 0.929. The Balaban J connectivity index is 3.23. The van der Waals surface area contributed by atoms with E-state index in [0.717, 1.165) is 31.0 Å². The molecule has 0 fully saturated rings. The van der Waals surface area contributed by atoms with Crippen molar-refractivity contribution in [2.75, 3.05) is 11.9 Å². The normalized spacial score (nSPS) is 12.4. The highest BCUT2D eigenvalue weighted by Crippen LogP contribution is 2.09. The van der Waals surface area contributed by atoms with Crippen LogP contribution in [0.3, 0.4) is 0 Å². The molecule has 0 aromatic carbocycles. The molecule has 0 aromatic rings. The summed E-state index contributed by atoms with van der Waals surface area (Å²) in [6.45, 7) is 4.95. The predicted octanol–water partition coefficient (Wildman–Crippen LogP) is 4.70. The van der Waals surface area contributed by atoms with Crippen molar-refractivity contribution >= 4 is 21.9 Å². The second kappa shape index (κ2) is 12.4. The average Bonchev–Trinajstić information content (AvgIpc) is 2.33. The highest BCUT2D eigenvalue weighted by atomic mass is 79.9. The van der Waals surface area contributed by atoms with Crippen LogP contribution in [0.5, 0.6) is 0 Å². The first-order valence-corrected chi connectivity index (χ1v) is 8.04. The highest BCUT2D eigenvalue weighted by Gasteiger charge is 2.04. The molecule has 0 N–H and O–H groups in total. The van der Waals surface area contributed by atoms with Gasteiger partial charge in [0.15, 0.2) is 0 Å². The zero-order valence-corrected chi connectivity index (χ0v) is 12.9. The van der Waals surface area contributed by atoms with Crippen molar-refractivity contribution in [1.82, 2.24) is 0 Å². The van der Waals surface area contributed by atoms with Crippen LogP contribution in [0.15, 0.2) is 0 Å². The van der Waals surface area contributed by atoms with Gasteiger partial charge in [-0.05, 0) is 25.2 Å². The van der Waals surface area contributed by atoms with Crippen molar-refractivity contribution in [2.45, 2.75) is 65.2 Å². The first-order valence-electron chi connectivity index (χ1n) is 6.92. The fourth-order valence-corrected chi connectivity index (χ4v) is 1.94. The van der Waals surface area contributed by atoms with Gasteiger partial charge in [0, 0.05) is 11.8 Å². The van der Waals surface area contributed by atoms with Gasteiger partial charge in [-0.3, -0.25) is 4.79 Å². The molecule has 0 spiro atoms. The summed E-state index contributed by atoms with van der Waals surface area (Å²) in [5, 5.41) is 1.09. The third-order valence-electron chi connectivity index (χ3n) is 3.09. The molecule has 1 atom stereocenters. The maximum Gasteiger partial charge on any atom is 0.305 e. The molecule has 0 rings (SSSR count). The molecule has 0 amide bonds. The van der Waals surface area contributed by atoms with Gasteiger partial charge >= 0.3 is 5.97 Å². The molecule has 0 radical (unpaired) electrons. The average molecular weight is 307 g/mol. The van der Waals surface area contributed by atoms with Crippen molar-refractivity contribution in [3.63, 3.8) is 0 Å². The molecule has 2 nitrogen and oxygen atoms in total. The number of carbonyl (C=O) groups is 1. The summed E-state index contributed by atoms with van der Waals surface area (Å²) in [5.41, 5.74) is 0. The molecule has 0 aliphatic rings. The highest BCUT2D eigenvalue weighted by molar-refractivity contribution is 9.09. The van der Waals surface area contributed by atoms with Crippen LogP contribution in [0.25, 0.3) is 0 Å². The Bertz CT molecular complexity index is 183. The van der Waals surface area contributed by atoms with E-state index in [1.165, 1.54) is 19.3 Å². The molecule has 0 aromatic heterocycles. The Hall–Kier alpha value is -0.0500. The number of hydrogen-bond donors (Lipinski definition) is 0. The summed E-state index contributed by atoms with van der Waals surface area (Å²) in [5.74, 6) is 0.640. The summed E-state index contributed by atoms with van der Waals surface area (Å²) in [6, 6.07) is 0. The third kappa shape index (κ3) is 12.2. The van der Waals surface area contributed by atoms with Gasteiger partial charge in [0.05, 0.1) is 6.61 Å². The van der Waals surface area contributed by atoms with E-state index in [-0.39, 0.29) is 5.97 Å². The zero-order chi connectivity index (χ0) is 12.9. The van der Waals surface area contributed by atoms with E-state index in [1.807, 2.05) is 0 Å². The summed E-state index contributed by atoms with van der Waals surface area (Å²) in [7, 11) is 0. The molecular formula is C14H27BrO2. The number of hydrogen-bond acceptors (Lipinski definition) is 2. The second-order valence-corrected chi connectivity index (χ2v) is 5.52. The van der Waals surface area contributed by atoms with Crippen molar-refractivity contribution in [1.29, 1.82) is 0 Å². The van der Waals surface area contributed by atoms with E-state index >= 15 is 0 Å². The molecular weight excluding hydrogens is 280 g/mol. The number of ether oxygens (including phenoxy) is 1. The van der Waals surface area contributed by atoms with E-state index in [4.69, 9.17) is 4.74 Å². The van der Waals surface area contributed by atoms with Gasteiger partial charge in [-0.15, -0.1) is 0 Å². The lowest BCUT2D eigenvalue weighted by Crippen LogP contribution is -2.08. The Morgan fingerprint density at radius 2 is 1.82 bits per heavy atom. The van der Waals surface area contributed by atoms with E-state index in [9.17, 15) is 4.79 Å². The minimum Gasteiger partial charge on any atom is -0.466 e. The molecule has 17 heavy (non-hydrogen) atoms. The van der Waals surface area contributed by atoms with Gasteiger partial charge in [-0.2, -0.15) is 0 Å². The topological polar surface area (TPSA) is 26.3 Å². The number of esters is 1. The van der Waals surface area contributed by atoms with Gasteiger partial charge in [-0.1, -0.05) is 55.5 Å². The Morgan fingerprint density at radius 1 is 1.18 bits per heavy atom. The molecule has 0 aliphatic heterocycles. The van der Waals surface area contributed by atoms with Crippen LogP contribution in [0.4, 0.5) is 0 Å². The van der Waals surface area contributed by atoms with Crippen LogP contribution in [0, 0.1) is 5.92 Å². The summed E-state index contributed by atoms with van der Waals surface area (Å²) < 4.78 is 5.20. The van der Waals surface area contributed by atoms with Crippen molar-refractivity contribution in [3.05, 3.63) is 0 Å². The van der Waals surface area contributed by atoms with Crippen molar-refractivity contribution < 1.29 is 9.53 Å². The summed E-state index contributed by atoms with van der Waals surface area (Å²) >= 11 is 3.41. The van der Waals surface area contributed by atoms with E-state index in [2.05, 4.69) is 29.8 Å². The molecule has 102 valence electrons. The van der Waals surface area contributed by atoms with Gasteiger partial charge in [0.2, 0.25) is 0 Å². The predicted molar refractivity (Wildman–Crippen MR) is 76.5 cm³/mol. The smallest absolute Gasteiger partial charge is 0.305 e. The van der Waals surface area contributed by atoms with E-state index < -0.39 is 0 Å². The Kier molecular flexibility index (Phi) is 12.4. The Morgan fingerprint density at radius 3 is 2.47 bits per heavy atom. The lowest BCUT2D eigenvalue weighted by Gasteiger charge is -2.08. The van der Waals surface area contributed by atoms with Crippen LogP contribution in [-0.2, 0) is 9.53 Å². The fourth-order valence-electron chi connectivity index (χ4n) is 1.54. The van der Waals surface area contributed by atoms with Crippen LogP contribution in [0.2, 0.25) is 0 Å². The SMILES string of the molecule is CCC(C)CCOC(=O)CCCCCCCBr. The molecule has 0 saturated carbocycles. The number of unbranched alkanes of at least 4 members (excludes halogenated alkanes) is 4.